The number of piperazine rings is 1. The van der Waals surface area contributed by atoms with E-state index in [0.717, 1.165) is 12.3 Å². The van der Waals surface area contributed by atoms with Crippen LogP contribution < -0.4 is 0 Å². The summed E-state index contributed by atoms with van der Waals surface area (Å²) in [5.41, 5.74) is 0. The smallest absolute Gasteiger partial charge is 0.0695 e. The van der Waals surface area contributed by atoms with Crippen molar-refractivity contribution in [2.45, 2.75) is 63.5 Å². The average Bonchev–Trinajstić information content (AvgIpc) is 3.20. The molecule has 0 aromatic rings. The molecule has 0 radical (unpaired) electrons. The van der Waals surface area contributed by atoms with Crippen LogP contribution in [0.3, 0.4) is 0 Å². The average molecular weight is 266 g/mol. The van der Waals surface area contributed by atoms with Crippen molar-refractivity contribution < 1.29 is 5.11 Å². The Morgan fingerprint density at radius 3 is 2.16 bits per heavy atom. The number of rotatable bonds is 3. The van der Waals surface area contributed by atoms with Crippen molar-refractivity contribution in [1.29, 1.82) is 0 Å². The Labute approximate surface area is 118 Å². The van der Waals surface area contributed by atoms with Crippen molar-refractivity contribution in [2.24, 2.45) is 5.92 Å². The van der Waals surface area contributed by atoms with Crippen LogP contribution in [0.4, 0.5) is 0 Å². The monoisotopic (exact) mass is 266 g/mol. The minimum Gasteiger partial charge on any atom is -0.391 e. The summed E-state index contributed by atoms with van der Waals surface area (Å²) in [5.74, 6) is 1.01. The summed E-state index contributed by atoms with van der Waals surface area (Å²) in [7, 11) is 0. The van der Waals surface area contributed by atoms with Gasteiger partial charge in [-0.2, -0.15) is 0 Å². The van der Waals surface area contributed by atoms with E-state index in [9.17, 15) is 5.11 Å². The Morgan fingerprint density at radius 1 is 0.789 bits per heavy atom. The molecule has 1 N–H and O–H groups in total. The quantitative estimate of drug-likeness (QED) is 0.847. The molecule has 1 saturated heterocycles. The second-order valence-electron chi connectivity index (χ2n) is 6.91. The number of aliphatic hydroxyl groups excluding tert-OH is 1. The van der Waals surface area contributed by atoms with E-state index in [4.69, 9.17) is 0 Å². The Morgan fingerprint density at radius 2 is 1.47 bits per heavy atom. The molecule has 110 valence electrons. The van der Waals surface area contributed by atoms with Gasteiger partial charge in [-0.25, -0.2) is 0 Å². The lowest BCUT2D eigenvalue weighted by atomic mass is 9.92. The number of nitrogens with zero attached hydrogens (tertiary/aromatic N) is 2. The van der Waals surface area contributed by atoms with E-state index in [1.807, 2.05) is 0 Å². The minimum atomic E-state index is -0.0738. The van der Waals surface area contributed by atoms with Crippen LogP contribution in [0.5, 0.6) is 0 Å². The lowest BCUT2D eigenvalue weighted by Crippen LogP contribution is -2.54. The van der Waals surface area contributed by atoms with E-state index in [1.54, 1.807) is 0 Å². The van der Waals surface area contributed by atoms with Crippen LogP contribution >= 0.6 is 0 Å². The normalized spacial score (nSPS) is 35.8. The Bertz CT molecular complexity index is 272. The van der Waals surface area contributed by atoms with Crippen molar-refractivity contribution in [1.82, 2.24) is 9.80 Å². The van der Waals surface area contributed by atoms with Crippen LogP contribution in [-0.4, -0.2) is 59.8 Å². The van der Waals surface area contributed by atoms with Crippen LogP contribution in [0.15, 0.2) is 0 Å². The molecule has 1 aliphatic heterocycles. The fraction of sp³-hybridized carbons (Fsp3) is 1.00. The summed E-state index contributed by atoms with van der Waals surface area (Å²) in [6.45, 7) is 6.13. The van der Waals surface area contributed by atoms with Gasteiger partial charge in [-0.3, -0.25) is 4.90 Å². The first-order chi connectivity index (χ1) is 9.33. The van der Waals surface area contributed by atoms with Gasteiger partial charge in [0.05, 0.1) is 6.10 Å². The molecule has 2 atom stereocenters. The maximum absolute atomic E-state index is 10.4. The minimum absolute atomic E-state index is 0.0738. The van der Waals surface area contributed by atoms with Crippen molar-refractivity contribution >= 4 is 0 Å². The molecule has 1 heterocycles. The highest BCUT2D eigenvalue weighted by Gasteiger charge is 2.31. The van der Waals surface area contributed by atoms with E-state index < -0.39 is 0 Å². The lowest BCUT2D eigenvalue weighted by Gasteiger charge is -2.41. The van der Waals surface area contributed by atoms with E-state index in [0.29, 0.717) is 6.04 Å². The van der Waals surface area contributed by atoms with Crippen molar-refractivity contribution in [3.05, 3.63) is 0 Å². The topological polar surface area (TPSA) is 26.7 Å². The maximum atomic E-state index is 10.4. The number of hydrogen-bond acceptors (Lipinski definition) is 3. The van der Waals surface area contributed by atoms with Crippen molar-refractivity contribution in [3.8, 4) is 0 Å². The van der Waals surface area contributed by atoms with Gasteiger partial charge in [0, 0.05) is 38.8 Å². The number of hydrogen-bond donors (Lipinski definition) is 1. The standard InChI is InChI=1S/C16H30N2O/c19-16-6-4-2-1-3-5-15(16)18-11-9-17(10-12-18)13-14-7-8-14/h14-16,19H,1-13H2. The van der Waals surface area contributed by atoms with Crippen molar-refractivity contribution in [2.75, 3.05) is 32.7 Å². The molecule has 3 fully saturated rings. The van der Waals surface area contributed by atoms with Gasteiger partial charge in [-0.15, -0.1) is 0 Å². The zero-order valence-electron chi connectivity index (χ0n) is 12.3. The molecule has 3 nitrogen and oxygen atoms in total. The van der Waals surface area contributed by atoms with Crippen molar-refractivity contribution in [3.63, 3.8) is 0 Å². The third-order valence-corrected chi connectivity index (χ3v) is 5.28. The Kier molecular flexibility index (Phi) is 4.78. The van der Waals surface area contributed by atoms with Gasteiger partial charge in [0.25, 0.3) is 0 Å². The SMILES string of the molecule is OC1CCCCCCC1N1CCN(CC2CC2)CC1. The summed E-state index contributed by atoms with van der Waals surface area (Å²) < 4.78 is 0. The van der Waals surface area contributed by atoms with Crippen LogP contribution in [0.1, 0.15) is 51.4 Å². The first kappa shape index (κ1) is 13.8. The molecule has 3 aliphatic rings. The molecule has 0 bridgehead atoms. The van der Waals surface area contributed by atoms with Gasteiger partial charge in [0.15, 0.2) is 0 Å². The van der Waals surface area contributed by atoms with Gasteiger partial charge in [0.1, 0.15) is 0 Å². The molecule has 3 heteroatoms. The van der Waals surface area contributed by atoms with Gasteiger partial charge < -0.3 is 10.0 Å². The molecule has 2 unspecified atom stereocenters. The van der Waals surface area contributed by atoms with E-state index in [1.165, 1.54) is 77.7 Å². The van der Waals surface area contributed by atoms with E-state index in [-0.39, 0.29) is 6.10 Å². The highest BCUT2D eigenvalue weighted by atomic mass is 16.3. The fourth-order valence-electron chi connectivity index (χ4n) is 3.81. The fourth-order valence-corrected chi connectivity index (χ4v) is 3.81. The van der Waals surface area contributed by atoms with E-state index in [2.05, 4.69) is 9.80 Å². The van der Waals surface area contributed by atoms with Gasteiger partial charge in [-0.1, -0.05) is 25.7 Å². The van der Waals surface area contributed by atoms with Crippen LogP contribution in [-0.2, 0) is 0 Å². The lowest BCUT2D eigenvalue weighted by molar-refractivity contribution is 0.00501. The van der Waals surface area contributed by atoms with Crippen LogP contribution in [0.2, 0.25) is 0 Å². The summed E-state index contributed by atoms with van der Waals surface area (Å²) >= 11 is 0. The third kappa shape index (κ3) is 3.93. The van der Waals surface area contributed by atoms with Gasteiger partial charge in [-0.05, 0) is 31.6 Å². The molecular formula is C16H30N2O. The van der Waals surface area contributed by atoms with E-state index >= 15 is 0 Å². The Balaban J connectivity index is 1.47. The molecule has 2 aliphatic carbocycles. The summed E-state index contributed by atoms with van der Waals surface area (Å²) in [4.78, 5) is 5.23. The third-order valence-electron chi connectivity index (χ3n) is 5.28. The highest BCUT2D eigenvalue weighted by molar-refractivity contribution is 4.86. The number of aliphatic hydroxyl groups is 1. The van der Waals surface area contributed by atoms with Crippen LogP contribution in [0, 0.1) is 5.92 Å². The maximum Gasteiger partial charge on any atom is 0.0695 e. The second kappa shape index (κ2) is 6.55. The summed E-state index contributed by atoms with van der Waals surface area (Å²) in [6, 6.07) is 0.448. The largest absolute Gasteiger partial charge is 0.391 e. The molecule has 2 saturated carbocycles. The molecule has 0 aromatic heterocycles. The van der Waals surface area contributed by atoms with Crippen LogP contribution in [0.25, 0.3) is 0 Å². The zero-order chi connectivity index (χ0) is 13.1. The first-order valence-corrected chi connectivity index (χ1v) is 8.47. The predicted octanol–water partition coefficient (Wildman–Crippen LogP) is 2.10. The Hall–Kier alpha value is -0.120. The van der Waals surface area contributed by atoms with Gasteiger partial charge >= 0.3 is 0 Å². The first-order valence-electron chi connectivity index (χ1n) is 8.47. The summed E-state index contributed by atoms with van der Waals surface area (Å²) in [5, 5.41) is 10.4. The molecule has 0 amide bonds. The zero-order valence-corrected chi connectivity index (χ0v) is 12.3. The highest BCUT2D eigenvalue weighted by Crippen LogP contribution is 2.30. The van der Waals surface area contributed by atoms with Gasteiger partial charge in [0.2, 0.25) is 0 Å². The molecule has 0 spiro atoms. The predicted molar refractivity (Wildman–Crippen MR) is 78.2 cm³/mol. The molecule has 3 rings (SSSR count). The second-order valence-corrected chi connectivity index (χ2v) is 6.91. The molecular weight excluding hydrogens is 236 g/mol. The summed E-state index contributed by atoms with van der Waals surface area (Å²) in [6.07, 6.45) is 10.3. The molecule has 0 aromatic carbocycles. The molecule has 19 heavy (non-hydrogen) atoms.